The van der Waals surface area contributed by atoms with Gasteiger partial charge < -0.3 is 39.3 Å². The maximum Gasteiger partial charge on any atom is 0.412 e. The number of hydrogen-bond donors (Lipinski definition) is 3. The number of aliphatic hydroxyl groups excluding tert-OH is 2. The zero-order valence-corrected chi connectivity index (χ0v) is 39.1. The summed E-state index contributed by atoms with van der Waals surface area (Å²) in [5, 5.41) is 29.8. The van der Waals surface area contributed by atoms with Gasteiger partial charge in [0, 0.05) is 37.7 Å². The van der Waals surface area contributed by atoms with Gasteiger partial charge in [0.15, 0.2) is 0 Å². The molecule has 1 fully saturated rings. The average molecular weight is 923 g/mol. The van der Waals surface area contributed by atoms with Crippen LogP contribution in [0, 0.1) is 17.8 Å². The lowest BCUT2D eigenvalue weighted by Crippen LogP contribution is -2.70. The number of halogens is 1. The number of unbranched alkanes of at least 4 members (excludes halogenated alkanes) is 2. The lowest BCUT2D eigenvalue weighted by atomic mass is 9.55. The zero-order chi connectivity index (χ0) is 46.7. The van der Waals surface area contributed by atoms with Crippen LogP contribution >= 0.6 is 11.6 Å². The fourth-order valence-corrected chi connectivity index (χ4v) is 10.0. The number of ether oxygens (including phenoxy) is 4. The third-order valence-corrected chi connectivity index (χ3v) is 12.9. The van der Waals surface area contributed by atoms with E-state index in [9.17, 15) is 19.8 Å². The van der Waals surface area contributed by atoms with Crippen LogP contribution < -0.4 is 14.8 Å². The SMILES string of the molecule is C=CCOC12Oc3ccc(OC(=O)NCc4ccccc4)cc3C3C(CCCCO)C(CCCCO)C=C(C(=NOC(C)(C)C)CC1N(Cc1cccc4ccccc14)C(=O)OCCCl)C32. The fourth-order valence-electron chi connectivity index (χ4n) is 9.94. The molecule has 6 unspecified atom stereocenters. The number of carbonyl (C=O) groups excluding carboxylic acids is 2. The van der Waals surface area contributed by atoms with E-state index in [0.717, 1.165) is 58.7 Å². The highest BCUT2D eigenvalue weighted by Gasteiger charge is 2.66. The van der Waals surface area contributed by atoms with E-state index in [4.69, 9.17) is 40.5 Å². The largest absolute Gasteiger partial charge is 0.459 e. The molecule has 66 heavy (non-hydrogen) atoms. The van der Waals surface area contributed by atoms with Gasteiger partial charge in [-0.25, -0.2) is 9.59 Å². The first kappa shape index (κ1) is 48.5. The van der Waals surface area contributed by atoms with Crippen molar-refractivity contribution in [1.82, 2.24) is 10.2 Å². The van der Waals surface area contributed by atoms with Crippen molar-refractivity contribution in [3.05, 3.63) is 132 Å². The summed E-state index contributed by atoms with van der Waals surface area (Å²) in [6, 6.07) is 28.3. The van der Waals surface area contributed by atoms with Gasteiger partial charge in [0.2, 0.25) is 5.79 Å². The maximum atomic E-state index is 14.8. The standard InChI is InChI=1S/C53H64ClN3O9/c1-5-29-63-53-47(57(51(61)62-30-26-54)35-39-21-15-20-37-18-9-10-22-41(37)39)33-45(56-66-52(2,3)4)43-31-38(19-11-13-27-58)42(23-12-14-28-59)48(49(43)53)44-32-40(24-25-46(44)65-53)64-50(60)55-34-36-16-7-6-8-17-36/h5-10,15-18,20-22,24-25,31-32,38,42,47-49,58-59H,1,11-14,19,23,26-30,33-35H2,2-4H3,(H,55,60). The molecule has 4 aromatic carbocycles. The Hall–Kier alpha value is -5.40. The van der Waals surface area contributed by atoms with Crippen LogP contribution in [0.5, 0.6) is 11.5 Å². The number of amides is 2. The Kier molecular flexibility index (Phi) is 16.5. The maximum absolute atomic E-state index is 14.8. The Labute approximate surface area is 393 Å². The molecular weight excluding hydrogens is 858 g/mol. The third-order valence-electron chi connectivity index (χ3n) is 12.7. The molecule has 2 amide bonds. The minimum absolute atomic E-state index is 0.00477. The summed E-state index contributed by atoms with van der Waals surface area (Å²) in [7, 11) is 0. The molecule has 0 saturated heterocycles. The number of nitrogens with zero attached hydrogens (tertiary/aromatic N) is 2. The molecule has 0 spiro atoms. The number of benzene rings is 4. The second-order valence-electron chi connectivity index (χ2n) is 18.3. The Bertz CT molecular complexity index is 2340. The van der Waals surface area contributed by atoms with Crippen molar-refractivity contribution in [1.29, 1.82) is 0 Å². The van der Waals surface area contributed by atoms with Gasteiger partial charge in [0.05, 0.1) is 30.7 Å². The molecule has 2 aliphatic carbocycles. The average Bonchev–Trinajstić information content (AvgIpc) is 3.31. The number of rotatable bonds is 20. The number of oxime groups is 1. The summed E-state index contributed by atoms with van der Waals surface area (Å²) < 4.78 is 26.4. The quantitative estimate of drug-likeness (QED) is 0.0341. The first-order valence-electron chi connectivity index (χ1n) is 23.2. The second kappa shape index (κ2) is 22.4. The van der Waals surface area contributed by atoms with Gasteiger partial charge in [0.25, 0.3) is 0 Å². The number of hydrogen-bond acceptors (Lipinski definition) is 10. The van der Waals surface area contributed by atoms with Gasteiger partial charge in [-0.3, -0.25) is 4.90 Å². The predicted molar refractivity (Wildman–Crippen MR) is 257 cm³/mol. The van der Waals surface area contributed by atoms with Gasteiger partial charge in [-0.05, 0) is 104 Å². The first-order valence-corrected chi connectivity index (χ1v) is 23.8. The summed E-state index contributed by atoms with van der Waals surface area (Å²) in [5.74, 6) is -1.54. The molecule has 3 N–H and O–H groups in total. The van der Waals surface area contributed by atoms with Crippen molar-refractivity contribution >= 4 is 40.3 Å². The van der Waals surface area contributed by atoms with E-state index >= 15 is 0 Å². The molecule has 12 nitrogen and oxygen atoms in total. The van der Waals surface area contributed by atoms with E-state index in [2.05, 4.69) is 18.0 Å². The summed E-state index contributed by atoms with van der Waals surface area (Å²) in [4.78, 5) is 36.1. The van der Waals surface area contributed by atoms with E-state index in [-0.39, 0.29) is 63.0 Å². The second-order valence-corrected chi connectivity index (χ2v) is 18.7. The monoisotopic (exact) mass is 921 g/mol. The van der Waals surface area contributed by atoms with Gasteiger partial charge in [-0.15, -0.1) is 18.2 Å². The van der Waals surface area contributed by atoms with E-state index in [1.54, 1.807) is 17.0 Å². The molecule has 1 aliphatic heterocycles. The molecule has 4 aromatic rings. The van der Waals surface area contributed by atoms with Crippen LogP contribution in [0.1, 0.15) is 88.3 Å². The molecule has 7 rings (SSSR count). The lowest BCUT2D eigenvalue weighted by Gasteiger charge is -2.60. The van der Waals surface area contributed by atoms with Gasteiger partial charge in [-0.2, -0.15) is 0 Å². The number of nitrogens with one attached hydrogen (secondary N) is 1. The van der Waals surface area contributed by atoms with Crippen LogP contribution in [0.2, 0.25) is 0 Å². The highest BCUT2D eigenvalue weighted by molar-refractivity contribution is 6.18. The number of alkyl halides is 1. The number of carbonyl (C=O) groups is 2. The zero-order valence-electron chi connectivity index (χ0n) is 38.3. The topological polar surface area (TPSA) is 148 Å². The molecule has 3 aliphatic rings. The molecule has 13 heteroatoms. The summed E-state index contributed by atoms with van der Waals surface area (Å²) >= 11 is 6.16. The van der Waals surface area contributed by atoms with Crippen LogP contribution in [0.3, 0.4) is 0 Å². The summed E-state index contributed by atoms with van der Waals surface area (Å²) in [6.45, 7) is 10.5. The van der Waals surface area contributed by atoms with Crippen molar-refractivity contribution in [2.24, 2.45) is 22.9 Å². The van der Waals surface area contributed by atoms with Crippen molar-refractivity contribution in [2.45, 2.75) is 102 Å². The summed E-state index contributed by atoms with van der Waals surface area (Å²) in [6.07, 6.45) is 7.26. The van der Waals surface area contributed by atoms with Crippen molar-refractivity contribution < 1.29 is 43.6 Å². The van der Waals surface area contributed by atoms with Gasteiger partial charge >= 0.3 is 12.2 Å². The molecule has 0 bridgehead atoms. The number of aliphatic hydroxyl groups is 2. The number of fused-ring (bicyclic) bond motifs is 3. The van der Waals surface area contributed by atoms with Crippen LogP contribution in [0.25, 0.3) is 10.8 Å². The molecular formula is C53H64ClN3O9. The predicted octanol–water partition coefficient (Wildman–Crippen LogP) is 10.4. The molecule has 0 radical (unpaired) electrons. The van der Waals surface area contributed by atoms with Crippen molar-refractivity contribution in [3.8, 4) is 11.5 Å². The van der Waals surface area contributed by atoms with Crippen LogP contribution in [0.4, 0.5) is 9.59 Å². The van der Waals surface area contributed by atoms with E-state index in [1.807, 2.05) is 106 Å². The van der Waals surface area contributed by atoms with Gasteiger partial charge in [0.1, 0.15) is 29.7 Å². The fraction of sp³-hybridized carbons (Fsp3) is 0.453. The van der Waals surface area contributed by atoms with Crippen molar-refractivity contribution in [2.75, 3.05) is 32.3 Å². The Balaban J connectivity index is 1.43. The Morgan fingerprint density at radius 2 is 1.71 bits per heavy atom. The molecule has 0 aromatic heterocycles. The normalized spacial score (nSPS) is 22.6. The molecule has 6 atom stereocenters. The van der Waals surface area contributed by atoms with Crippen LogP contribution in [0.15, 0.2) is 120 Å². The third kappa shape index (κ3) is 11.2. The van der Waals surface area contributed by atoms with E-state index in [0.29, 0.717) is 36.6 Å². The first-order chi connectivity index (χ1) is 32.0. The summed E-state index contributed by atoms with van der Waals surface area (Å²) in [5.41, 5.74) is 3.54. The molecule has 1 heterocycles. The van der Waals surface area contributed by atoms with Gasteiger partial charge in [-0.1, -0.05) is 103 Å². The highest BCUT2D eigenvalue weighted by atomic mass is 35.5. The van der Waals surface area contributed by atoms with E-state index in [1.165, 1.54) is 0 Å². The Morgan fingerprint density at radius 3 is 2.45 bits per heavy atom. The lowest BCUT2D eigenvalue weighted by molar-refractivity contribution is -0.256. The number of allylic oxidation sites excluding steroid dienone is 1. The minimum Gasteiger partial charge on any atom is -0.459 e. The molecule has 352 valence electrons. The highest BCUT2D eigenvalue weighted by Crippen LogP contribution is 2.62. The molecule has 1 saturated carbocycles. The van der Waals surface area contributed by atoms with E-state index < -0.39 is 35.5 Å². The van der Waals surface area contributed by atoms with Crippen LogP contribution in [-0.2, 0) is 27.4 Å². The smallest absolute Gasteiger partial charge is 0.412 e. The van der Waals surface area contributed by atoms with Crippen LogP contribution in [-0.4, -0.2) is 82.7 Å². The van der Waals surface area contributed by atoms with Crippen molar-refractivity contribution in [3.63, 3.8) is 0 Å². The minimum atomic E-state index is -1.54. The Morgan fingerprint density at radius 1 is 0.970 bits per heavy atom.